The number of carbonyl (C=O) groups is 2. The number of anilines is 3. The summed E-state index contributed by atoms with van der Waals surface area (Å²) in [6.45, 7) is 2.29. The fourth-order valence-electron chi connectivity index (χ4n) is 4.88. The molecule has 0 spiro atoms. The molecule has 1 aliphatic heterocycles. The molecule has 2 heterocycles. The second-order valence-corrected chi connectivity index (χ2v) is 9.60. The first-order valence-electron chi connectivity index (χ1n) is 12.8. The second-order valence-electron chi connectivity index (χ2n) is 9.60. The first-order valence-corrected chi connectivity index (χ1v) is 12.8. The third-order valence-corrected chi connectivity index (χ3v) is 6.83. The van der Waals surface area contributed by atoms with E-state index in [1.54, 1.807) is 48.7 Å². The van der Waals surface area contributed by atoms with Gasteiger partial charge >= 0.3 is 6.18 Å². The molecule has 3 aromatic carbocycles. The highest BCUT2D eigenvalue weighted by Crippen LogP contribution is 2.40. The SMILES string of the molecule is COc1cc(NC(C)CCCN2C(=O)c3ccccc3C2=O)c2ncccc2c1Nc1cccc(C(F)(F)F)c1. The molecule has 1 atom stereocenters. The van der Waals surface area contributed by atoms with Gasteiger partial charge in [-0.2, -0.15) is 13.2 Å². The van der Waals surface area contributed by atoms with Crippen LogP contribution in [0.4, 0.5) is 30.2 Å². The summed E-state index contributed by atoms with van der Waals surface area (Å²) in [5.74, 6) is -0.117. The van der Waals surface area contributed by atoms with Crippen molar-refractivity contribution < 1.29 is 27.5 Å². The number of imide groups is 1. The predicted molar refractivity (Wildman–Crippen MR) is 147 cm³/mol. The van der Waals surface area contributed by atoms with E-state index in [0.29, 0.717) is 58.5 Å². The number of nitrogens with one attached hydrogen (secondary N) is 2. The molecule has 7 nitrogen and oxygen atoms in total. The van der Waals surface area contributed by atoms with Crippen LogP contribution >= 0.6 is 0 Å². The molecule has 0 saturated carbocycles. The second kappa shape index (κ2) is 10.9. The Kier molecular flexibility index (Phi) is 7.34. The fraction of sp³-hybridized carbons (Fsp3) is 0.233. The third kappa shape index (κ3) is 5.29. The molecule has 5 rings (SSSR count). The highest BCUT2D eigenvalue weighted by molar-refractivity contribution is 6.21. The number of alkyl halides is 3. The summed E-state index contributed by atoms with van der Waals surface area (Å²) in [7, 11) is 1.49. The minimum absolute atomic E-state index is 0.0487. The van der Waals surface area contributed by atoms with Gasteiger partial charge in [0.2, 0.25) is 0 Å². The number of hydrogen-bond donors (Lipinski definition) is 2. The van der Waals surface area contributed by atoms with Gasteiger partial charge in [-0.15, -0.1) is 0 Å². The number of pyridine rings is 1. The lowest BCUT2D eigenvalue weighted by molar-refractivity contribution is -0.137. The Morgan fingerprint density at radius 3 is 2.38 bits per heavy atom. The quantitative estimate of drug-likeness (QED) is 0.222. The van der Waals surface area contributed by atoms with Crippen molar-refractivity contribution in [3.05, 3.63) is 89.6 Å². The topological polar surface area (TPSA) is 83.6 Å². The molecule has 1 aromatic heterocycles. The number of fused-ring (bicyclic) bond motifs is 2. The van der Waals surface area contributed by atoms with Crippen molar-refractivity contribution in [2.45, 2.75) is 32.0 Å². The van der Waals surface area contributed by atoms with Gasteiger partial charge < -0.3 is 15.4 Å². The molecule has 0 bridgehead atoms. The van der Waals surface area contributed by atoms with E-state index in [1.165, 1.54) is 18.1 Å². The smallest absolute Gasteiger partial charge is 0.416 e. The molecular weight excluding hydrogens is 521 g/mol. The first kappa shape index (κ1) is 27.0. The van der Waals surface area contributed by atoms with Gasteiger partial charge in [0.25, 0.3) is 11.8 Å². The van der Waals surface area contributed by atoms with E-state index in [4.69, 9.17) is 4.74 Å². The lowest BCUT2D eigenvalue weighted by atomic mass is 10.1. The maximum absolute atomic E-state index is 13.2. The summed E-state index contributed by atoms with van der Waals surface area (Å²) in [6, 6.07) is 17.0. The average molecular weight is 549 g/mol. The summed E-state index contributed by atoms with van der Waals surface area (Å²) in [4.78, 5) is 31.1. The van der Waals surface area contributed by atoms with Crippen molar-refractivity contribution >= 4 is 39.8 Å². The van der Waals surface area contributed by atoms with Gasteiger partial charge in [0, 0.05) is 35.9 Å². The number of methoxy groups -OCH3 is 1. The number of halogens is 3. The Morgan fingerprint density at radius 1 is 0.975 bits per heavy atom. The van der Waals surface area contributed by atoms with Crippen molar-refractivity contribution in [2.24, 2.45) is 0 Å². The van der Waals surface area contributed by atoms with E-state index >= 15 is 0 Å². The fourth-order valence-corrected chi connectivity index (χ4v) is 4.88. The van der Waals surface area contributed by atoms with Crippen LogP contribution in [-0.2, 0) is 6.18 Å². The van der Waals surface area contributed by atoms with Crippen LogP contribution in [0.3, 0.4) is 0 Å². The molecule has 4 aromatic rings. The summed E-state index contributed by atoms with van der Waals surface area (Å²) in [5, 5.41) is 7.18. The van der Waals surface area contributed by atoms with Gasteiger partial charge in [0.1, 0.15) is 5.75 Å². The summed E-state index contributed by atoms with van der Waals surface area (Å²) in [5.41, 5.74) is 2.17. The van der Waals surface area contributed by atoms with E-state index < -0.39 is 11.7 Å². The number of aromatic nitrogens is 1. The molecule has 40 heavy (non-hydrogen) atoms. The summed E-state index contributed by atoms with van der Waals surface area (Å²) in [6.07, 6.45) is -1.57. The molecule has 1 aliphatic rings. The van der Waals surface area contributed by atoms with Crippen LogP contribution in [0.1, 0.15) is 46.0 Å². The van der Waals surface area contributed by atoms with Crippen LogP contribution < -0.4 is 15.4 Å². The molecule has 206 valence electrons. The zero-order valence-corrected chi connectivity index (χ0v) is 21.9. The number of carbonyl (C=O) groups excluding carboxylic acids is 2. The minimum atomic E-state index is -4.46. The van der Waals surface area contributed by atoms with Crippen LogP contribution in [0.25, 0.3) is 10.9 Å². The third-order valence-electron chi connectivity index (χ3n) is 6.83. The van der Waals surface area contributed by atoms with E-state index in [9.17, 15) is 22.8 Å². The number of hydrogen-bond acceptors (Lipinski definition) is 6. The van der Waals surface area contributed by atoms with E-state index in [0.717, 1.165) is 12.1 Å². The minimum Gasteiger partial charge on any atom is -0.494 e. The normalized spacial score (nSPS) is 13.9. The van der Waals surface area contributed by atoms with Crippen LogP contribution in [0.2, 0.25) is 0 Å². The molecule has 2 N–H and O–H groups in total. The standard InChI is InChI=1S/C30H27F3N4O3/c1-18(8-7-15-37-28(38)21-11-3-4-12-22(21)29(37)39)35-24-17-25(40-2)27(23-13-6-14-34-26(23)24)36-20-10-5-9-19(16-20)30(31,32)33/h3-6,9-14,16-18,35-36H,7-8,15H2,1-2H3. The Hall–Kier alpha value is -4.60. The molecule has 0 fully saturated rings. The Morgan fingerprint density at radius 2 is 1.70 bits per heavy atom. The molecule has 0 radical (unpaired) electrons. The van der Waals surface area contributed by atoms with Gasteiger partial charge in [0.05, 0.1) is 40.7 Å². The first-order chi connectivity index (χ1) is 19.2. The van der Waals surface area contributed by atoms with Crippen molar-refractivity contribution in [1.82, 2.24) is 9.88 Å². The lowest BCUT2D eigenvalue weighted by Crippen LogP contribution is -2.31. The number of amides is 2. The summed E-state index contributed by atoms with van der Waals surface area (Å²) < 4.78 is 45.4. The van der Waals surface area contributed by atoms with Crippen molar-refractivity contribution in [1.29, 1.82) is 0 Å². The maximum atomic E-state index is 13.2. The van der Waals surface area contributed by atoms with Gasteiger partial charge in [-0.05, 0) is 62.2 Å². The monoisotopic (exact) mass is 548 g/mol. The zero-order chi connectivity index (χ0) is 28.4. The highest BCUT2D eigenvalue weighted by atomic mass is 19.4. The number of benzene rings is 3. The number of rotatable bonds is 9. The van der Waals surface area contributed by atoms with Crippen LogP contribution in [0.15, 0.2) is 72.9 Å². The van der Waals surface area contributed by atoms with Gasteiger partial charge in [-0.3, -0.25) is 19.5 Å². The maximum Gasteiger partial charge on any atom is 0.416 e. The Labute approximate surface area is 229 Å². The lowest BCUT2D eigenvalue weighted by Gasteiger charge is -2.21. The van der Waals surface area contributed by atoms with Crippen molar-refractivity contribution in [2.75, 3.05) is 24.3 Å². The van der Waals surface area contributed by atoms with E-state index in [2.05, 4.69) is 15.6 Å². The Bertz CT molecular complexity index is 1550. The van der Waals surface area contributed by atoms with Crippen molar-refractivity contribution in [3.8, 4) is 5.75 Å². The highest BCUT2D eigenvalue weighted by Gasteiger charge is 2.34. The van der Waals surface area contributed by atoms with Gasteiger partial charge in [-0.25, -0.2) is 0 Å². The molecule has 0 aliphatic carbocycles. The molecule has 2 amide bonds. The van der Waals surface area contributed by atoms with E-state index in [1.807, 2.05) is 13.0 Å². The zero-order valence-electron chi connectivity index (χ0n) is 21.9. The molecule has 1 unspecified atom stereocenters. The molecule has 0 saturated heterocycles. The van der Waals surface area contributed by atoms with Crippen LogP contribution in [0.5, 0.6) is 5.75 Å². The van der Waals surface area contributed by atoms with Crippen LogP contribution in [0, 0.1) is 0 Å². The predicted octanol–water partition coefficient (Wildman–Crippen LogP) is 6.88. The average Bonchev–Trinajstić information content (AvgIpc) is 3.19. The largest absolute Gasteiger partial charge is 0.494 e. The molecular formula is C30H27F3N4O3. The summed E-state index contributed by atoms with van der Waals surface area (Å²) >= 11 is 0. The number of ether oxygens (including phenoxy) is 1. The van der Waals surface area contributed by atoms with Gasteiger partial charge in [-0.1, -0.05) is 18.2 Å². The molecule has 10 heteroatoms. The van der Waals surface area contributed by atoms with Gasteiger partial charge in [0.15, 0.2) is 0 Å². The number of nitrogens with zero attached hydrogens (tertiary/aromatic N) is 2. The van der Waals surface area contributed by atoms with Crippen molar-refractivity contribution in [3.63, 3.8) is 0 Å². The van der Waals surface area contributed by atoms with E-state index in [-0.39, 0.29) is 23.5 Å². The van der Waals surface area contributed by atoms with Crippen LogP contribution in [-0.4, -0.2) is 41.4 Å². The Balaban J connectivity index is 1.32.